The van der Waals surface area contributed by atoms with Crippen molar-refractivity contribution in [1.82, 2.24) is 4.98 Å². The largest absolute Gasteiger partial charge is 0.360 e. The SMILES string of the molecule is O=Cc1c[nH]c2ccc(-c3ccccc3)c(Cl)c12. The average Bonchev–Trinajstić information content (AvgIpc) is 2.84. The highest BCUT2D eigenvalue weighted by molar-refractivity contribution is 6.39. The number of carbonyl (C=O) groups is 1. The molecule has 1 aromatic heterocycles. The molecule has 0 unspecified atom stereocenters. The van der Waals surface area contributed by atoms with Crippen LogP contribution in [-0.2, 0) is 0 Å². The smallest absolute Gasteiger partial charge is 0.152 e. The fourth-order valence-corrected chi connectivity index (χ4v) is 2.52. The molecule has 3 rings (SSSR count). The van der Waals surface area contributed by atoms with E-state index in [0.717, 1.165) is 28.3 Å². The molecule has 0 bridgehead atoms. The lowest BCUT2D eigenvalue weighted by Gasteiger charge is -2.06. The maximum atomic E-state index is 11.0. The lowest BCUT2D eigenvalue weighted by molar-refractivity contribution is 0.112. The molecule has 0 amide bonds. The lowest BCUT2D eigenvalue weighted by Crippen LogP contribution is -1.82. The molecule has 0 atom stereocenters. The molecule has 0 saturated carbocycles. The second kappa shape index (κ2) is 4.31. The van der Waals surface area contributed by atoms with Crippen LogP contribution in [0, 0.1) is 0 Å². The van der Waals surface area contributed by atoms with Crippen LogP contribution in [0.3, 0.4) is 0 Å². The Kier molecular flexibility index (Phi) is 2.65. The highest BCUT2D eigenvalue weighted by atomic mass is 35.5. The third-order valence-corrected chi connectivity index (χ3v) is 3.42. The monoisotopic (exact) mass is 255 g/mol. The van der Waals surface area contributed by atoms with E-state index in [-0.39, 0.29) is 0 Å². The van der Waals surface area contributed by atoms with Crippen molar-refractivity contribution in [2.75, 3.05) is 0 Å². The van der Waals surface area contributed by atoms with Crippen LogP contribution in [0.5, 0.6) is 0 Å². The fraction of sp³-hybridized carbons (Fsp3) is 0. The summed E-state index contributed by atoms with van der Waals surface area (Å²) in [6, 6.07) is 13.8. The van der Waals surface area contributed by atoms with Crippen molar-refractivity contribution in [1.29, 1.82) is 0 Å². The minimum absolute atomic E-state index is 0.591. The third-order valence-electron chi connectivity index (χ3n) is 3.03. The predicted molar refractivity (Wildman–Crippen MR) is 74.1 cm³/mol. The van der Waals surface area contributed by atoms with Gasteiger partial charge in [-0.05, 0) is 11.6 Å². The molecule has 3 aromatic rings. The van der Waals surface area contributed by atoms with Crippen molar-refractivity contribution in [2.24, 2.45) is 0 Å². The van der Waals surface area contributed by atoms with Gasteiger partial charge >= 0.3 is 0 Å². The van der Waals surface area contributed by atoms with Gasteiger partial charge in [0.15, 0.2) is 6.29 Å². The normalized spacial score (nSPS) is 10.7. The van der Waals surface area contributed by atoms with Gasteiger partial charge in [0.2, 0.25) is 0 Å². The van der Waals surface area contributed by atoms with Gasteiger partial charge in [0.25, 0.3) is 0 Å². The number of hydrogen-bond acceptors (Lipinski definition) is 1. The Balaban J connectivity index is 2.32. The quantitative estimate of drug-likeness (QED) is 0.681. The van der Waals surface area contributed by atoms with Crippen LogP contribution in [0.4, 0.5) is 0 Å². The van der Waals surface area contributed by atoms with E-state index in [2.05, 4.69) is 4.98 Å². The van der Waals surface area contributed by atoms with Crippen molar-refractivity contribution in [2.45, 2.75) is 0 Å². The number of fused-ring (bicyclic) bond motifs is 1. The summed E-state index contributed by atoms with van der Waals surface area (Å²) in [5.74, 6) is 0. The Morgan fingerprint density at radius 2 is 1.83 bits per heavy atom. The van der Waals surface area contributed by atoms with Crippen molar-refractivity contribution < 1.29 is 4.79 Å². The zero-order valence-electron chi connectivity index (χ0n) is 9.48. The maximum absolute atomic E-state index is 11.0. The number of hydrogen-bond donors (Lipinski definition) is 1. The number of aromatic nitrogens is 1. The van der Waals surface area contributed by atoms with Gasteiger partial charge in [-0.1, -0.05) is 48.0 Å². The predicted octanol–water partition coefficient (Wildman–Crippen LogP) is 4.30. The van der Waals surface area contributed by atoms with E-state index in [1.54, 1.807) is 6.20 Å². The molecule has 0 saturated heterocycles. The summed E-state index contributed by atoms with van der Waals surface area (Å²) in [6.45, 7) is 0. The van der Waals surface area contributed by atoms with Crippen LogP contribution in [0.2, 0.25) is 5.02 Å². The molecule has 1 N–H and O–H groups in total. The molecule has 88 valence electrons. The summed E-state index contributed by atoms with van der Waals surface area (Å²) in [4.78, 5) is 14.0. The first-order valence-electron chi connectivity index (χ1n) is 5.61. The first-order chi connectivity index (χ1) is 8.81. The van der Waals surface area contributed by atoms with Gasteiger partial charge < -0.3 is 4.98 Å². The maximum Gasteiger partial charge on any atom is 0.152 e. The van der Waals surface area contributed by atoms with E-state index in [9.17, 15) is 4.79 Å². The molecule has 0 aliphatic rings. The van der Waals surface area contributed by atoms with Gasteiger partial charge in [0.1, 0.15) is 0 Å². The van der Waals surface area contributed by atoms with E-state index < -0.39 is 0 Å². The van der Waals surface area contributed by atoms with Gasteiger partial charge in [-0.15, -0.1) is 0 Å². The number of H-pyrrole nitrogens is 1. The minimum Gasteiger partial charge on any atom is -0.360 e. The molecular formula is C15H10ClNO. The molecule has 2 aromatic carbocycles. The molecule has 0 aliphatic heterocycles. The molecule has 2 nitrogen and oxygen atoms in total. The molecule has 0 fully saturated rings. The van der Waals surface area contributed by atoms with Gasteiger partial charge in [-0.2, -0.15) is 0 Å². The molecule has 1 heterocycles. The van der Waals surface area contributed by atoms with E-state index in [4.69, 9.17) is 11.6 Å². The second-order valence-corrected chi connectivity index (χ2v) is 4.46. The Morgan fingerprint density at radius 3 is 2.56 bits per heavy atom. The molecule has 18 heavy (non-hydrogen) atoms. The van der Waals surface area contributed by atoms with Crippen molar-refractivity contribution in [3.05, 3.63) is 59.2 Å². The number of carbonyl (C=O) groups excluding carboxylic acids is 1. The highest BCUT2D eigenvalue weighted by Gasteiger charge is 2.11. The van der Waals surface area contributed by atoms with Crippen molar-refractivity contribution >= 4 is 28.8 Å². The van der Waals surface area contributed by atoms with E-state index in [1.165, 1.54) is 0 Å². The standard InChI is InChI=1S/C15H10ClNO/c16-15-12(10-4-2-1-3-5-10)6-7-13-14(15)11(9-18)8-17-13/h1-9,17H. The van der Waals surface area contributed by atoms with Gasteiger partial charge in [-0.25, -0.2) is 0 Å². The van der Waals surface area contributed by atoms with Crippen LogP contribution >= 0.6 is 11.6 Å². The molecular weight excluding hydrogens is 246 g/mol. The van der Waals surface area contributed by atoms with Gasteiger partial charge in [-0.3, -0.25) is 4.79 Å². The topological polar surface area (TPSA) is 32.9 Å². The van der Waals surface area contributed by atoms with E-state index in [0.29, 0.717) is 10.6 Å². The molecule has 3 heteroatoms. The number of rotatable bonds is 2. The van der Waals surface area contributed by atoms with Crippen LogP contribution in [0.25, 0.3) is 22.0 Å². The number of halogens is 1. The average molecular weight is 256 g/mol. The molecule has 0 radical (unpaired) electrons. The Labute approximate surface area is 109 Å². The summed E-state index contributed by atoms with van der Waals surface area (Å²) in [6.07, 6.45) is 2.50. The van der Waals surface area contributed by atoms with Gasteiger partial charge in [0.05, 0.1) is 5.02 Å². The summed E-state index contributed by atoms with van der Waals surface area (Å²) < 4.78 is 0. The number of nitrogens with one attached hydrogen (secondary N) is 1. The Morgan fingerprint density at radius 1 is 1.06 bits per heavy atom. The zero-order valence-corrected chi connectivity index (χ0v) is 10.2. The number of aldehydes is 1. The van der Waals surface area contributed by atoms with Crippen molar-refractivity contribution in [3.8, 4) is 11.1 Å². The van der Waals surface area contributed by atoms with E-state index >= 15 is 0 Å². The zero-order chi connectivity index (χ0) is 12.5. The summed E-state index contributed by atoms with van der Waals surface area (Å²) in [5.41, 5.74) is 3.45. The number of aromatic amines is 1. The summed E-state index contributed by atoms with van der Waals surface area (Å²) >= 11 is 6.42. The van der Waals surface area contributed by atoms with Crippen molar-refractivity contribution in [3.63, 3.8) is 0 Å². The number of benzene rings is 2. The highest BCUT2D eigenvalue weighted by Crippen LogP contribution is 2.35. The van der Waals surface area contributed by atoms with Crippen LogP contribution in [0.15, 0.2) is 48.7 Å². The summed E-state index contributed by atoms with van der Waals surface area (Å²) in [7, 11) is 0. The van der Waals surface area contributed by atoms with E-state index in [1.807, 2.05) is 42.5 Å². The third kappa shape index (κ3) is 1.62. The van der Waals surface area contributed by atoms with Crippen LogP contribution in [0.1, 0.15) is 10.4 Å². The van der Waals surface area contributed by atoms with Gasteiger partial charge in [0, 0.05) is 28.2 Å². The lowest BCUT2D eigenvalue weighted by atomic mass is 10.0. The first-order valence-corrected chi connectivity index (χ1v) is 5.99. The van der Waals surface area contributed by atoms with Crippen LogP contribution in [-0.4, -0.2) is 11.3 Å². The minimum atomic E-state index is 0.591. The van der Waals surface area contributed by atoms with Crippen LogP contribution < -0.4 is 0 Å². The molecule has 0 aliphatic carbocycles. The Bertz CT molecular complexity index is 716. The molecule has 0 spiro atoms. The summed E-state index contributed by atoms with van der Waals surface area (Å²) in [5, 5.41) is 1.40. The first kappa shape index (κ1) is 11.1. The second-order valence-electron chi connectivity index (χ2n) is 4.08. The fourth-order valence-electron chi connectivity index (χ4n) is 2.14. The Hall–Kier alpha value is -2.06.